The van der Waals surface area contributed by atoms with Crippen LogP contribution in [0, 0.1) is 0 Å². The minimum Gasteiger partial charge on any atom is -0.390 e. The quantitative estimate of drug-likeness (QED) is 0.614. The van der Waals surface area contributed by atoms with Crippen molar-refractivity contribution in [2.75, 3.05) is 19.7 Å². The highest BCUT2D eigenvalue weighted by atomic mass is 16.3. The molecule has 1 aliphatic rings. The zero-order chi connectivity index (χ0) is 8.86. The minimum atomic E-state index is 0.222. The van der Waals surface area contributed by atoms with Crippen LogP contribution >= 0.6 is 0 Å². The van der Waals surface area contributed by atoms with E-state index in [4.69, 9.17) is 5.11 Å². The molecule has 0 aliphatic carbocycles. The highest BCUT2D eigenvalue weighted by Gasteiger charge is 2.24. The first-order valence-corrected chi connectivity index (χ1v) is 4.52. The van der Waals surface area contributed by atoms with Gasteiger partial charge in [0.15, 0.2) is 6.34 Å². The molecule has 3 heteroatoms. The number of unbranched alkanes of at least 4 members (excludes halogenated alkanes) is 1. The highest BCUT2D eigenvalue weighted by molar-refractivity contribution is 5.50. The number of aliphatic hydroxyl groups excluding tert-OH is 1. The Labute approximate surface area is 73.6 Å². The maximum atomic E-state index is 8.88. The number of quaternary nitrogens is 1. The Bertz CT molecular complexity index is 175. The fourth-order valence-electron chi connectivity index (χ4n) is 1.40. The molecule has 1 unspecified atom stereocenters. The van der Waals surface area contributed by atoms with Crippen LogP contribution in [0.5, 0.6) is 0 Å². The summed E-state index contributed by atoms with van der Waals surface area (Å²) in [4.78, 5) is 4.06. The maximum absolute atomic E-state index is 8.88. The van der Waals surface area contributed by atoms with E-state index in [1.807, 2.05) is 18.7 Å². The molecule has 0 bridgehead atoms. The zero-order valence-electron chi connectivity index (χ0n) is 7.61. The average molecular weight is 169 g/mol. The molecule has 0 aromatic rings. The predicted molar refractivity (Wildman–Crippen MR) is 49.6 cm³/mol. The Morgan fingerprint density at radius 3 is 2.75 bits per heavy atom. The monoisotopic (exact) mass is 169 g/mol. The van der Waals surface area contributed by atoms with E-state index in [9.17, 15) is 0 Å². The summed E-state index contributed by atoms with van der Waals surface area (Å²) in [7, 11) is 0. The second-order valence-corrected chi connectivity index (χ2v) is 3.19. The van der Waals surface area contributed by atoms with Gasteiger partial charge in [-0.1, -0.05) is 13.3 Å². The van der Waals surface area contributed by atoms with Crippen LogP contribution < -0.4 is 0 Å². The number of hydrogen-bond donors (Lipinski definition) is 1. The van der Waals surface area contributed by atoms with Gasteiger partial charge < -0.3 is 5.11 Å². The molecule has 3 nitrogen and oxygen atoms in total. The van der Waals surface area contributed by atoms with Crippen LogP contribution in [-0.4, -0.2) is 35.6 Å². The van der Waals surface area contributed by atoms with Gasteiger partial charge >= 0.3 is 0 Å². The van der Waals surface area contributed by atoms with Crippen molar-refractivity contribution in [3.63, 3.8) is 0 Å². The number of aliphatic imine (C=N–C) groups is 1. The first-order valence-electron chi connectivity index (χ1n) is 4.52. The summed E-state index contributed by atoms with van der Waals surface area (Å²) in [5, 5.41) is 8.88. The third-order valence-corrected chi connectivity index (χ3v) is 2.19. The lowest BCUT2D eigenvalue weighted by molar-refractivity contribution is -0.780. The van der Waals surface area contributed by atoms with E-state index >= 15 is 0 Å². The van der Waals surface area contributed by atoms with E-state index < -0.39 is 0 Å². The van der Waals surface area contributed by atoms with Gasteiger partial charge in [-0.05, 0) is 6.42 Å². The molecular weight excluding hydrogens is 152 g/mol. The van der Waals surface area contributed by atoms with Crippen LogP contribution in [0.15, 0.2) is 17.4 Å². The summed E-state index contributed by atoms with van der Waals surface area (Å²) < 4.78 is 0.727. The molecule has 1 N–H and O–H groups in total. The molecule has 0 aromatic carbocycles. The molecular formula is C9H17N2O+. The lowest BCUT2D eigenvalue weighted by atomic mass is 10.3. The smallest absolute Gasteiger partial charge is 0.194 e. The van der Waals surface area contributed by atoms with Gasteiger partial charge in [0.2, 0.25) is 0 Å². The van der Waals surface area contributed by atoms with E-state index in [0.717, 1.165) is 17.6 Å². The van der Waals surface area contributed by atoms with Gasteiger partial charge in [0.05, 0.1) is 19.4 Å². The Balaban J connectivity index is 2.48. The van der Waals surface area contributed by atoms with Crippen LogP contribution in [0.4, 0.5) is 0 Å². The Morgan fingerprint density at radius 2 is 2.25 bits per heavy atom. The normalized spacial score (nSPS) is 26.8. The third kappa shape index (κ3) is 2.16. The Kier molecular flexibility index (Phi) is 3.44. The predicted octanol–water partition coefficient (Wildman–Crippen LogP) is 1.11. The third-order valence-electron chi connectivity index (χ3n) is 2.19. The topological polar surface area (TPSA) is 32.6 Å². The Hall–Kier alpha value is -0.670. The van der Waals surface area contributed by atoms with E-state index in [1.54, 1.807) is 0 Å². The van der Waals surface area contributed by atoms with Crippen LogP contribution in [0.25, 0.3) is 0 Å². The standard InChI is InChI=1S/C9H17N2O/c1-2-3-5-11(7-8-12)6-4-10-9-11/h4,6,9,12H,2-3,5,7-8H2,1H3/q+1. The van der Waals surface area contributed by atoms with Crippen molar-refractivity contribution < 1.29 is 9.59 Å². The molecule has 68 valence electrons. The Morgan fingerprint density at radius 1 is 1.42 bits per heavy atom. The van der Waals surface area contributed by atoms with Crippen molar-refractivity contribution in [3.05, 3.63) is 12.4 Å². The summed E-state index contributed by atoms with van der Waals surface area (Å²) in [6.07, 6.45) is 8.13. The molecule has 1 rings (SSSR count). The van der Waals surface area contributed by atoms with Crippen molar-refractivity contribution in [3.8, 4) is 0 Å². The second kappa shape index (κ2) is 4.38. The van der Waals surface area contributed by atoms with E-state index in [2.05, 4.69) is 11.9 Å². The van der Waals surface area contributed by atoms with Crippen molar-refractivity contribution in [2.45, 2.75) is 19.8 Å². The van der Waals surface area contributed by atoms with E-state index in [1.165, 1.54) is 12.8 Å². The molecule has 1 heterocycles. The summed E-state index contributed by atoms with van der Waals surface area (Å²) >= 11 is 0. The fourth-order valence-corrected chi connectivity index (χ4v) is 1.40. The van der Waals surface area contributed by atoms with Crippen molar-refractivity contribution in [1.29, 1.82) is 0 Å². The highest BCUT2D eigenvalue weighted by Crippen LogP contribution is 2.12. The summed E-state index contributed by atoms with van der Waals surface area (Å²) in [6.45, 7) is 4.20. The first kappa shape index (κ1) is 9.42. The first-order chi connectivity index (χ1) is 5.83. The number of aliphatic hydroxyl groups is 1. The van der Waals surface area contributed by atoms with Crippen LogP contribution in [0.1, 0.15) is 19.8 Å². The lowest BCUT2D eigenvalue weighted by Gasteiger charge is -2.26. The van der Waals surface area contributed by atoms with Gasteiger partial charge in [0.1, 0.15) is 12.7 Å². The number of nitrogens with zero attached hydrogens (tertiary/aromatic N) is 2. The van der Waals surface area contributed by atoms with Crippen LogP contribution in [0.3, 0.4) is 0 Å². The van der Waals surface area contributed by atoms with Gasteiger partial charge in [-0.15, -0.1) is 0 Å². The average Bonchev–Trinajstić information content (AvgIpc) is 2.51. The zero-order valence-corrected chi connectivity index (χ0v) is 7.61. The molecule has 12 heavy (non-hydrogen) atoms. The second-order valence-electron chi connectivity index (χ2n) is 3.19. The molecule has 1 atom stereocenters. The number of rotatable bonds is 5. The number of hydrogen-bond acceptors (Lipinski definition) is 2. The van der Waals surface area contributed by atoms with Crippen molar-refractivity contribution in [1.82, 2.24) is 0 Å². The minimum absolute atomic E-state index is 0.222. The van der Waals surface area contributed by atoms with E-state index in [0.29, 0.717) is 0 Å². The molecule has 0 radical (unpaired) electrons. The van der Waals surface area contributed by atoms with Gasteiger partial charge in [0.25, 0.3) is 0 Å². The summed E-state index contributed by atoms with van der Waals surface area (Å²) in [5.41, 5.74) is 0. The molecule has 1 aliphatic heterocycles. The molecule has 0 saturated carbocycles. The fraction of sp³-hybridized carbons (Fsp3) is 0.667. The summed E-state index contributed by atoms with van der Waals surface area (Å²) in [6, 6.07) is 0. The largest absolute Gasteiger partial charge is 0.390 e. The van der Waals surface area contributed by atoms with Crippen molar-refractivity contribution in [2.24, 2.45) is 4.99 Å². The van der Waals surface area contributed by atoms with Gasteiger partial charge in [0, 0.05) is 0 Å². The molecule has 0 aromatic heterocycles. The van der Waals surface area contributed by atoms with Crippen LogP contribution in [-0.2, 0) is 0 Å². The molecule has 0 saturated heterocycles. The summed E-state index contributed by atoms with van der Waals surface area (Å²) in [5.74, 6) is 0. The van der Waals surface area contributed by atoms with Crippen LogP contribution in [0.2, 0.25) is 0 Å². The molecule has 0 spiro atoms. The maximum Gasteiger partial charge on any atom is 0.194 e. The van der Waals surface area contributed by atoms with Gasteiger partial charge in [-0.25, -0.2) is 4.99 Å². The van der Waals surface area contributed by atoms with Gasteiger partial charge in [-0.2, -0.15) is 0 Å². The van der Waals surface area contributed by atoms with Crippen molar-refractivity contribution >= 4 is 6.34 Å². The molecule has 0 amide bonds. The SMILES string of the molecule is CCCC[N+]1(CCO)C=CN=C1. The van der Waals surface area contributed by atoms with Gasteiger partial charge in [-0.3, -0.25) is 4.48 Å². The van der Waals surface area contributed by atoms with E-state index in [-0.39, 0.29) is 6.61 Å². The molecule has 0 fully saturated rings. The lowest BCUT2D eigenvalue weighted by Crippen LogP contribution is -2.42.